The highest BCUT2D eigenvalue weighted by Gasteiger charge is 2.30. The number of nitrogens with one attached hydrogen (secondary N) is 4. The summed E-state index contributed by atoms with van der Waals surface area (Å²) < 4.78 is 31.3. The van der Waals surface area contributed by atoms with Gasteiger partial charge in [0.2, 0.25) is 10.0 Å². The van der Waals surface area contributed by atoms with Gasteiger partial charge in [0.25, 0.3) is 0 Å². The number of amides is 1. The number of hydrogen-bond acceptors (Lipinski definition) is 6. The third-order valence-corrected chi connectivity index (χ3v) is 6.31. The smallest absolute Gasteiger partial charge is 0.407 e. The Morgan fingerprint density at radius 3 is 2.90 bits per heavy atom. The molecular weight excluding hydrogens is 394 g/mol. The van der Waals surface area contributed by atoms with Crippen molar-refractivity contribution in [1.82, 2.24) is 15.5 Å². The lowest BCUT2D eigenvalue weighted by Crippen LogP contribution is -2.33. The van der Waals surface area contributed by atoms with Gasteiger partial charge in [-0.15, -0.1) is 0 Å². The van der Waals surface area contributed by atoms with Gasteiger partial charge < -0.3 is 15.4 Å². The summed E-state index contributed by atoms with van der Waals surface area (Å²) >= 11 is 0. The van der Waals surface area contributed by atoms with Crippen LogP contribution in [0.3, 0.4) is 0 Å². The van der Waals surface area contributed by atoms with E-state index in [4.69, 9.17) is 4.74 Å². The van der Waals surface area contributed by atoms with Crippen LogP contribution in [0.2, 0.25) is 0 Å². The van der Waals surface area contributed by atoms with Gasteiger partial charge in [-0.05, 0) is 56.9 Å². The molecule has 0 saturated heterocycles. The Kier molecular flexibility index (Phi) is 5.12. The molecule has 1 fully saturated rings. The van der Waals surface area contributed by atoms with Gasteiger partial charge in [-0.1, -0.05) is 0 Å². The average molecular weight is 420 g/mol. The molecule has 1 aromatic heterocycles. The van der Waals surface area contributed by atoms with E-state index in [1.165, 1.54) is 0 Å². The maximum Gasteiger partial charge on any atom is 0.407 e. The van der Waals surface area contributed by atoms with Crippen LogP contribution < -0.4 is 15.4 Å². The van der Waals surface area contributed by atoms with Crippen LogP contribution in [0.25, 0.3) is 0 Å². The number of nitrogens with zero attached hydrogens (tertiary/aromatic N) is 1. The predicted octanol–water partition coefficient (Wildman–Crippen LogP) is 3.18. The molecule has 1 amide bonds. The number of fused-ring (bicyclic) bond motifs is 1. The number of anilines is 3. The van der Waals surface area contributed by atoms with Gasteiger partial charge in [0, 0.05) is 29.4 Å². The molecule has 2 aromatic rings. The number of rotatable bonds is 5. The van der Waals surface area contributed by atoms with Crippen molar-refractivity contribution in [1.29, 1.82) is 0 Å². The van der Waals surface area contributed by atoms with Crippen molar-refractivity contribution >= 4 is 33.3 Å². The number of benzene rings is 1. The monoisotopic (exact) mass is 419 g/mol. The third-order valence-electron chi connectivity index (χ3n) is 5.09. The first kappa shape index (κ1) is 19.6. The Bertz CT molecular complexity index is 1020. The first-order valence-corrected chi connectivity index (χ1v) is 11.4. The zero-order chi connectivity index (χ0) is 20.6. The first-order valence-electron chi connectivity index (χ1n) is 9.70. The van der Waals surface area contributed by atoms with E-state index in [0.29, 0.717) is 11.5 Å². The van der Waals surface area contributed by atoms with E-state index in [9.17, 15) is 13.2 Å². The zero-order valence-corrected chi connectivity index (χ0v) is 17.2. The Balaban J connectivity index is 1.36. The molecule has 2 heterocycles. The molecule has 1 aromatic carbocycles. The van der Waals surface area contributed by atoms with Crippen molar-refractivity contribution in [3.63, 3.8) is 0 Å². The number of carbonyl (C=O) groups is 1. The molecule has 0 spiro atoms. The largest absolute Gasteiger partial charge is 0.446 e. The quantitative estimate of drug-likeness (QED) is 0.590. The number of hydrogen-bond donors (Lipinski definition) is 4. The highest BCUT2D eigenvalue weighted by atomic mass is 32.2. The molecule has 4 N–H and O–H groups in total. The lowest BCUT2D eigenvalue weighted by atomic mass is 10.0. The molecule has 1 saturated carbocycles. The Labute approximate surface area is 169 Å². The molecule has 2 atom stereocenters. The summed E-state index contributed by atoms with van der Waals surface area (Å²) in [4.78, 5) is 11.8. The lowest BCUT2D eigenvalue weighted by Gasteiger charge is -2.14. The van der Waals surface area contributed by atoms with Crippen LogP contribution in [0.15, 0.2) is 24.3 Å². The fourth-order valence-electron chi connectivity index (χ4n) is 3.81. The normalized spacial score (nSPS) is 22.2. The number of ether oxygens (including phenoxy) is 1. The van der Waals surface area contributed by atoms with E-state index >= 15 is 0 Å². The van der Waals surface area contributed by atoms with E-state index in [0.717, 1.165) is 36.2 Å². The zero-order valence-electron chi connectivity index (χ0n) is 16.4. The molecule has 4 rings (SSSR count). The summed E-state index contributed by atoms with van der Waals surface area (Å²) in [6.07, 6.45) is 2.04. The summed E-state index contributed by atoms with van der Waals surface area (Å²) in [5.74, 6) is 0.900. The fourth-order valence-corrected chi connectivity index (χ4v) is 5.06. The maximum absolute atomic E-state index is 11.8. The standard InChI is InChI=1S/C19H25N5O4S/c1-11(2)20-19(25)28-15-5-3-12(8-15)17-9-18(23-22-17)21-14-4-6-16-13(7-14)10-29(26,27)24-16/h4,6-7,9,11-12,15,24H,3,5,8,10H2,1-2H3,(H,20,25)(H2,21,22,23)/t12-,15+/m1/s1. The van der Waals surface area contributed by atoms with E-state index in [2.05, 4.69) is 25.6 Å². The highest BCUT2D eigenvalue weighted by Crippen LogP contribution is 2.36. The number of sulfonamides is 1. The minimum atomic E-state index is -3.26. The molecule has 0 unspecified atom stereocenters. The maximum atomic E-state index is 11.8. The molecule has 0 radical (unpaired) electrons. The van der Waals surface area contributed by atoms with E-state index in [1.54, 1.807) is 6.07 Å². The second kappa shape index (κ2) is 7.58. The van der Waals surface area contributed by atoms with Crippen LogP contribution in [0.1, 0.15) is 50.3 Å². The predicted molar refractivity (Wildman–Crippen MR) is 110 cm³/mol. The molecule has 0 bridgehead atoms. The van der Waals surface area contributed by atoms with Crippen molar-refractivity contribution < 1.29 is 17.9 Å². The third kappa shape index (κ3) is 4.64. The van der Waals surface area contributed by atoms with Crippen LogP contribution >= 0.6 is 0 Å². The Morgan fingerprint density at radius 2 is 2.10 bits per heavy atom. The lowest BCUT2D eigenvalue weighted by molar-refractivity contribution is 0.0981. The van der Waals surface area contributed by atoms with Crippen LogP contribution in [-0.4, -0.2) is 36.9 Å². The van der Waals surface area contributed by atoms with Crippen molar-refractivity contribution in [3.05, 3.63) is 35.5 Å². The number of aromatic amines is 1. The van der Waals surface area contributed by atoms with Gasteiger partial charge in [0.05, 0.1) is 11.4 Å². The summed E-state index contributed by atoms with van der Waals surface area (Å²) in [5.41, 5.74) is 3.13. The molecule has 156 valence electrons. The second-order valence-corrected chi connectivity index (χ2v) is 9.63. The molecule has 2 aliphatic rings. The SMILES string of the molecule is CC(C)NC(=O)O[C@H]1CC[C@@H](c2cc(Nc3ccc4c(c3)CS(=O)(=O)N4)n[nH]2)C1. The Morgan fingerprint density at radius 1 is 1.28 bits per heavy atom. The van der Waals surface area contributed by atoms with E-state index in [1.807, 2.05) is 32.0 Å². The van der Waals surface area contributed by atoms with Gasteiger partial charge in [-0.25, -0.2) is 13.2 Å². The van der Waals surface area contributed by atoms with Gasteiger partial charge in [-0.2, -0.15) is 5.10 Å². The topological polar surface area (TPSA) is 125 Å². The van der Waals surface area contributed by atoms with Crippen molar-refractivity contribution in [2.24, 2.45) is 0 Å². The second-order valence-electron chi connectivity index (χ2n) is 7.90. The van der Waals surface area contributed by atoms with Gasteiger partial charge in [-0.3, -0.25) is 9.82 Å². The number of H-pyrrole nitrogens is 1. The van der Waals surface area contributed by atoms with E-state index in [-0.39, 0.29) is 29.9 Å². The molecule has 1 aliphatic carbocycles. The summed E-state index contributed by atoms with van der Waals surface area (Å²) in [6.45, 7) is 3.79. The summed E-state index contributed by atoms with van der Waals surface area (Å²) in [6, 6.07) is 7.37. The minimum absolute atomic E-state index is 0.0164. The summed E-state index contributed by atoms with van der Waals surface area (Å²) in [7, 11) is -3.26. The highest BCUT2D eigenvalue weighted by molar-refractivity contribution is 7.92. The van der Waals surface area contributed by atoms with Crippen LogP contribution in [0.4, 0.5) is 22.0 Å². The van der Waals surface area contributed by atoms with Gasteiger partial charge in [0.15, 0.2) is 5.82 Å². The minimum Gasteiger partial charge on any atom is -0.446 e. The average Bonchev–Trinajstić information content (AvgIpc) is 3.31. The fraction of sp³-hybridized carbons (Fsp3) is 0.474. The van der Waals surface area contributed by atoms with Gasteiger partial charge in [0.1, 0.15) is 6.10 Å². The molecule has 10 heteroatoms. The number of carbonyl (C=O) groups excluding carboxylic acids is 1. The number of aromatic nitrogens is 2. The van der Waals surface area contributed by atoms with Gasteiger partial charge >= 0.3 is 6.09 Å². The van der Waals surface area contributed by atoms with Crippen LogP contribution in [0.5, 0.6) is 0 Å². The van der Waals surface area contributed by atoms with E-state index < -0.39 is 10.0 Å². The summed E-state index contributed by atoms with van der Waals surface area (Å²) in [5, 5.41) is 13.3. The molecule has 9 nitrogen and oxygen atoms in total. The van der Waals surface area contributed by atoms with Crippen LogP contribution in [0, 0.1) is 0 Å². The molecular formula is C19H25N5O4S. The first-order chi connectivity index (χ1) is 13.8. The Hall–Kier alpha value is -2.75. The van der Waals surface area contributed by atoms with Crippen LogP contribution in [-0.2, 0) is 20.5 Å². The number of alkyl carbamates (subject to hydrolysis) is 1. The molecule has 29 heavy (non-hydrogen) atoms. The van der Waals surface area contributed by atoms with Crippen molar-refractivity contribution in [3.8, 4) is 0 Å². The van der Waals surface area contributed by atoms with Crippen molar-refractivity contribution in [2.75, 3.05) is 10.0 Å². The molecule has 1 aliphatic heterocycles. The van der Waals surface area contributed by atoms with Crippen molar-refractivity contribution in [2.45, 2.75) is 56.9 Å².